The first kappa shape index (κ1) is 24.4. The summed E-state index contributed by atoms with van der Waals surface area (Å²) in [4.78, 5) is 26.9. The van der Waals surface area contributed by atoms with E-state index in [1.807, 2.05) is 31.2 Å². The number of nitrogens with zero attached hydrogens (tertiary/aromatic N) is 5. The fourth-order valence-electron chi connectivity index (χ4n) is 5.76. The fraction of sp³-hybridized carbons (Fsp3) is 0.345. The van der Waals surface area contributed by atoms with Crippen LogP contribution in [-0.2, 0) is 6.42 Å². The maximum Gasteiger partial charge on any atom is 0.255 e. The summed E-state index contributed by atoms with van der Waals surface area (Å²) in [5.41, 5.74) is 4.71. The molecule has 4 aromatic rings. The summed E-state index contributed by atoms with van der Waals surface area (Å²) in [6, 6.07) is 15.4. The summed E-state index contributed by atoms with van der Waals surface area (Å²) < 4.78 is 16.9. The molecule has 0 amide bonds. The van der Waals surface area contributed by atoms with E-state index in [-0.39, 0.29) is 23.5 Å². The smallest absolute Gasteiger partial charge is 0.255 e. The van der Waals surface area contributed by atoms with Gasteiger partial charge in [-0.05, 0) is 56.2 Å². The number of nitrogens with one attached hydrogen (secondary N) is 2. The molecule has 4 heterocycles. The van der Waals surface area contributed by atoms with Crippen molar-refractivity contribution < 1.29 is 4.39 Å². The number of hydrogen-bond donors (Lipinski definition) is 2. The molecule has 2 aliphatic rings. The first-order valence-electron chi connectivity index (χ1n) is 13.1. The van der Waals surface area contributed by atoms with Crippen LogP contribution in [0.4, 0.5) is 27.4 Å². The molecule has 0 radical (unpaired) electrons. The largest absolute Gasteiger partial charge is 0.372 e. The van der Waals surface area contributed by atoms with Gasteiger partial charge < -0.3 is 20.4 Å². The molecule has 2 aliphatic heterocycles. The average Bonchev–Trinajstić information content (AvgIpc) is 2.90. The highest BCUT2D eigenvalue weighted by Gasteiger charge is 2.26. The highest BCUT2D eigenvalue weighted by atomic mass is 19.1. The number of benzene rings is 2. The zero-order valence-corrected chi connectivity index (χ0v) is 21.9. The maximum atomic E-state index is 15.1. The molecule has 2 atom stereocenters. The summed E-state index contributed by atoms with van der Waals surface area (Å²) in [6.07, 6.45) is 2.46. The molecule has 0 aliphatic carbocycles. The van der Waals surface area contributed by atoms with E-state index in [9.17, 15) is 4.79 Å². The lowest BCUT2D eigenvalue weighted by Gasteiger charge is -2.36. The summed E-state index contributed by atoms with van der Waals surface area (Å²) in [7, 11) is 2.05. The molecule has 2 unspecified atom stereocenters. The van der Waals surface area contributed by atoms with Gasteiger partial charge in [0.2, 0.25) is 5.95 Å². The molecule has 2 aromatic heterocycles. The molecule has 2 N–H and O–H groups in total. The molecule has 1 fully saturated rings. The first-order chi connectivity index (χ1) is 18.4. The van der Waals surface area contributed by atoms with E-state index in [1.165, 1.54) is 17.3 Å². The number of likely N-dealkylation sites (N-methyl/N-ethyl adjacent to an activating group) is 1. The zero-order chi connectivity index (χ0) is 26.4. The monoisotopic (exact) mass is 513 g/mol. The first-order valence-corrected chi connectivity index (χ1v) is 13.1. The van der Waals surface area contributed by atoms with Crippen LogP contribution in [0, 0.1) is 12.7 Å². The molecule has 8 nitrogen and oxygen atoms in total. The van der Waals surface area contributed by atoms with E-state index in [1.54, 1.807) is 16.8 Å². The molecule has 0 spiro atoms. The van der Waals surface area contributed by atoms with Crippen LogP contribution in [0.25, 0.3) is 11.0 Å². The number of para-hydroxylation sites is 1. The number of anilines is 4. The molecule has 38 heavy (non-hydrogen) atoms. The van der Waals surface area contributed by atoms with Gasteiger partial charge in [0.15, 0.2) is 0 Å². The van der Waals surface area contributed by atoms with Gasteiger partial charge in [0.05, 0.1) is 11.7 Å². The summed E-state index contributed by atoms with van der Waals surface area (Å²) >= 11 is 0. The lowest BCUT2D eigenvalue weighted by atomic mass is 9.97. The Morgan fingerprint density at radius 2 is 1.97 bits per heavy atom. The average molecular weight is 514 g/mol. The third kappa shape index (κ3) is 4.36. The molecule has 196 valence electrons. The predicted molar refractivity (Wildman–Crippen MR) is 150 cm³/mol. The molecule has 6 rings (SSSR count). The number of pyridine rings is 1. The number of piperazine rings is 1. The van der Waals surface area contributed by atoms with Gasteiger partial charge in [-0.1, -0.05) is 18.2 Å². The fourth-order valence-corrected chi connectivity index (χ4v) is 5.76. The second-order valence-corrected chi connectivity index (χ2v) is 10.4. The van der Waals surface area contributed by atoms with Crippen molar-refractivity contribution in [1.29, 1.82) is 0 Å². The van der Waals surface area contributed by atoms with Gasteiger partial charge in [0.1, 0.15) is 11.5 Å². The Bertz CT molecular complexity index is 1570. The van der Waals surface area contributed by atoms with Crippen molar-refractivity contribution in [3.05, 3.63) is 82.0 Å². The van der Waals surface area contributed by atoms with Gasteiger partial charge in [-0.25, -0.2) is 9.37 Å². The SMILES string of the molecule is Cc1cc2cnc(Nc3ccc(N4CCNCC4C)c(F)c3)nc2n(C2Cc3ccccc3N(C)C2)c1=O. The van der Waals surface area contributed by atoms with E-state index in [2.05, 4.69) is 51.5 Å². The molecular weight excluding hydrogens is 481 g/mol. The minimum atomic E-state index is -0.291. The van der Waals surface area contributed by atoms with E-state index in [0.717, 1.165) is 31.4 Å². The summed E-state index contributed by atoms with van der Waals surface area (Å²) in [6.45, 7) is 7.03. The minimum Gasteiger partial charge on any atom is -0.372 e. The van der Waals surface area contributed by atoms with Crippen LogP contribution in [0.2, 0.25) is 0 Å². The van der Waals surface area contributed by atoms with Gasteiger partial charge in [-0.3, -0.25) is 9.36 Å². The van der Waals surface area contributed by atoms with Crippen LogP contribution in [-0.4, -0.2) is 53.8 Å². The Hall–Kier alpha value is -3.98. The quantitative estimate of drug-likeness (QED) is 0.427. The van der Waals surface area contributed by atoms with Crippen molar-refractivity contribution in [3.8, 4) is 0 Å². The second-order valence-electron chi connectivity index (χ2n) is 10.4. The number of aromatic nitrogens is 3. The highest BCUT2D eigenvalue weighted by molar-refractivity contribution is 5.77. The van der Waals surface area contributed by atoms with Crippen LogP contribution in [0.3, 0.4) is 0 Å². The molecule has 2 aromatic carbocycles. The van der Waals surface area contributed by atoms with Crippen LogP contribution >= 0.6 is 0 Å². The number of rotatable bonds is 4. The Labute approximate surface area is 221 Å². The van der Waals surface area contributed by atoms with Crippen molar-refractivity contribution in [3.63, 3.8) is 0 Å². The molecule has 9 heteroatoms. The second kappa shape index (κ2) is 9.72. The number of halogens is 1. The van der Waals surface area contributed by atoms with Crippen molar-refractivity contribution in [1.82, 2.24) is 19.9 Å². The van der Waals surface area contributed by atoms with Crippen LogP contribution in [0.5, 0.6) is 0 Å². The number of hydrogen-bond acceptors (Lipinski definition) is 7. The van der Waals surface area contributed by atoms with E-state index >= 15 is 4.39 Å². The third-order valence-electron chi connectivity index (χ3n) is 7.67. The standard InChI is InChI=1S/C29H32FN7O/c1-18-12-21-16-32-29(33-22-8-9-26(24(30)14-22)36-11-10-31-15-19(36)2)34-27(21)37(28(18)38)23-13-20-6-4-5-7-25(20)35(3)17-23/h4-9,12,14,16,19,23,31H,10-11,13,15,17H2,1-3H3,(H,32,33,34). The van der Waals surface area contributed by atoms with Gasteiger partial charge >= 0.3 is 0 Å². The normalized spacial score (nSPS) is 19.5. The zero-order valence-electron chi connectivity index (χ0n) is 21.9. The van der Waals surface area contributed by atoms with Gasteiger partial charge in [0.25, 0.3) is 5.56 Å². The Morgan fingerprint density at radius 1 is 1.13 bits per heavy atom. The van der Waals surface area contributed by atoms with Gasteiger partial charge in [0, 0.05) is 67.8 Å². The third-order valence-corrected chi connectivity index (χ3v) is 7.67. The van der Waals surface area contributed by atoms with Crippen molar-refractivity contribution >= 4 is 34.0 Å². The van der Waals surface area contributed by atoms with Crippen molar-refractivity contribution in [2.45, 2.75) is 32.4 Å². The number of aryl methyl sites for hydroxylation is 1. The molecular formula is C29H32FN7O. The lowest BCUT2D eigenvalue weighted by molar-refractivity contribution is 0.479. The van der Waals surface area contributed by atoms with Crippen molar-refractivity contribution in [2.24, 2.45) is 0 Å². The molecule has 1 saturated heterocycles. The highest BCUT2D eigenvalue weighted by Crippen LogP contribution is 2.32. The number of fused-ring (bicyclic) bond motifs is 2. The Balaban J connectivity index is 1.34. The topological polar surface area (TPSA) is 78.3 Å². The van der Waals surface area contributed by atoms with Gasteiger partial charge in [-0.2, -0.15) is 4.98 Å². The Kier molecular flexibility index (Phi) is 6.23. The maximum absolute atomic E-state index is 15.1. The van der Waals surface area contributed by atoms with Crippen molar-refractivity contribution in [2.75, 3.05) is 48.3 Å². The molecule has 0 saturated carbocycles. The molecule has 0 bridgehead atoms. The van der Waals surface area contributed by atoms with E-state index < -0.39 is 0 Å². The summed E-state index contributed by atoms with van der Waals surface area (Å²) in [5.74, 6) is 0.0303. The summed E-state index contributed by atoms with van der Waals surface area (Å²) in [5, 5.41) is 7.28. The van der Waals surface area contributed by atoms with E-state index in [0.29, 0.717) is 35.1 Å². The van der Waals surface area contributed by atoms with Gasteiger partial charge in [-0.15, -0.1) is 0 Å². The van der Waals surface area contributed by atoms with E-state index in [4.69, 9.17) is 4.98 Å². The predicted octanol–water partition coefficient (Wildman–Crippen LogP) is 4.01. The lowest BCUT2D eigenvalue weighted by Crippen LogP contribution is -2.50. The van der Waals surface area contributed by atoms with Crippen LogP contribution in [0.15, 0.2) is 59.5 Å². The Morgan fingerprint density at radius 3 is 2.79 bits per heavy atom. The van der Waals surface area contributed by atoms with Crippen LogP contribution < -0.4 is 26.0 Å². The minimum absolute atomic E-state index is 0.0551. The van der Waals surface area contributed by atoms with Crippen LogP contribution in [0.1, 0.15) is 24.1 Å².